The van der Waals surface area contributed by atoms with Crippen LogP contribution < -0.4 is 10.2 Å². The van der Waals surface area contributed by atoms with Crippen LogP contribution >= 0.6 is 11.6 Å². The molecule has 3 rings (SSSR count). The van der Waals surface area contributed by atoms with Crippen LogP contribution in [0.2, 0.25) is 5.02 Å². The number of anilines is 1. The van der Waals surface area contributed by atoms with Crippen LogP contribution in [0.1, 0.15) is 30.0 Å². The molecule has 1 aliphatic rings. The Balaban J connectivity index is 1.91. The standard InChI is InChI=1S/C18H23ClN4O2S/c1-23(12-13-5-7-15(19)8-6-13)18-21-11-16(26(2,24)25)17(22-18)14-4-3-9-20-10-14/h5-8,11,14,20H,3-4,9-10,12H2,1-2H3. The first-order chi connectivity index (χ1) is 12.3. The molecule has 1 aromatic carbocycles. The number of sulfone groups is 1. The molecule has 1 saturated heterocycles. The van der Waals surface area contributed by atoms with E-state index in [9.17, 15) is 8.42 Å². The number of rotatable bonds is 5. The van der Waals surface area contributed by atoms with E-state index in [-0.39, 0.29) is 10.8 Å². The van der Waals surface area contributed by atoms with Crippen LogP contribution in [0.5, 0.6) is 0 Å². The summed E-state index contributed by atoms with van der Waals surface area (Å²) in [5.41, 5.74) is 1.70. The Morgan fingerprint density at radius 1 is 1.31 bits per heavy atom. The largest absolute Gasteiger partial charge is 0.340 e. The fourth-order valence-corrected chi connectivity index (χ4v) is 4.12. The zero-order valence-corrected chi connectivity index (χ0v) is 16.5. The summed E-state index contributed by atoms with van der Waals surface area (Å²) >= 11 is 5.93. The van der Waals surface area contributed by atoms with Crippen molar-refractivity contribution in [1.82, 2.24) is 15.3 Å². The zero-order valence-electron chi connectivity index (χ0n) is 14.9. The molecule has 6 nitrogen and oxygen atoms in total. The predicted molar refractivity (Wildman–Crippen MR) is 104 cm³/mol. The molecule has 2 heterocycles. The second-order valence-corrected chi connectivity index (χ2v) is 9.14. The van der Waals surface area contributed by atoms with Gasteiger partial charge in [-0.3, -0.25) is 0 Å². The number of benzene rings is 1. The van der Waals surface area contributed by atoms with Crippen LogP contribution in [0.4, 0.5) is 5.95 Å². The van der Waals surface area contributed by atoms with Crippen molar-refractivity contribution in [1.29, 1.82) is 0 Å². The van der Waals surface area contributed by atoms with Crippen molar-refractivity contribution < 1.29 is 8.42 Å². The molecule has 0 amide bonds. The van der Waals surface area contributed by atoms with E-state index in [4.69, 9.17) is 11.6 Å². The third-order valence-corrected chi connectivity index (χ3v) is 5.89. The van der Waals surface area contributed by atoms with Crippen molar-refractivity contribution >= 4 is 27.4 Å². The van der Waals surface area contributed by atoms with E-state index in [1.807, 2.05) is 36.2 Å². The summed E-state index contributed by atoms with van der Waals surface area (Å²) in [7, 11) is -1.48. The molecule has 26 heavy (non-hydrogen) atoms. The number of halogens is 1. The van der Waals surface area contributed by atoms with Crippen LogP contribution in [-0.2, 0) is 16.4 Å². The van der Waals surface area contributed by atoms with Crippen molar-refractivity contribution in [3.63, 3.8) is 0 Å². The summed E-state index contributed by atoms with van der Waals surface area (Å²) in [6.07, 6.45) is 4.59. The molecule has 1 aliphatic heterocycles. The normalized spacial score (nSPS) is 17.9. The average molecular weight is 395 g/mol. The van der Waals surface area contributed by atoms with E-state index < -0.39 is 9.84 Å². The third-order valence-electron chi connectivity index (χ3n) is 4.53. The van der Waals surface area contributed by atoms with Gasteiger partial charge in [-0.05, 0) is 37.1 Å². The SMILES string of the molecule is CN(Cc1ccc(Cl)cc1)c1ncc(S(C)(=O)=O)c(C2CCCNC2)n1. The van der Waals surface area contributed by atoms with E-state index in [0.29, 0.717) is 23.2 Å². The van der Waals surface area contributed by atoms with Crippen LogP contribution in [0.25, 0.3) is 0 Å². The van der Waals surface area contributed by atoms with Gasteiger partial charge in [-0.1, -0.05) is 23.7 Å². The number of hydrogen-bond donors (Lipinski definition) is 1. The number of nitrogens with zero attached hydrogens (tertiary/aromatic N) is 3. The van der Waals surface area contributed by atoms with E-state index in [2.05, 4.69) is 15.3 Å². The fraction of sp³-hybridized carbons (Fsp3) is 0.444. The number of aromatic nitrogens is 2. The van der Waals surface area contributed by atoms with Gasteiger partial charge in [0.1, 0.15) is 4.90 Å². The zero-order chi connectivity index (χ0) is 18.7. The molecule has 1 fully saturated rings. The van der Waals surface area contributed by atoms with Gasteiger partial charge in [0.2, 0.25) is 5.95 Å². The molecule has 140 valence electrons. The maximum Gasteiger partial charge on any atom is 0.225 e. The lowest BCUT2D eigenvalue weighted by Crippen LogP contribution is -2.30. The summed E-state index contributed by atoms with van der Waals surface area (Å²) < 4.78 is 24.3. The molecular formula is C18H23ClN4O2S. The van der Waals surface area contributed by atoms with Crippen molar-refractivity contribution in [2.24, 2.45) is 0 Å². The molecule has 1 atom stereocenters. The molecule has 1 N–H and O–H groups in total. The lowest BCUT2D eigenvalue weighted by molar-refractivity contribution is 0.447. The summed E-state index contributed by atoms with van der Waals surface area (Å²) in [6.45, 7) is 2.30. The molecule has 0 saturated carbocycles. The fourth-order valence-electron chi connectivity index (χ4n) is 3.16. The van der Waals surface area contributed by atoms with Gasteiger partial charge in [-0.2, -0.15) is 0 Å². The maximum absolute atomic E-state index is 12.2. The molecule has 2 aromatic rings. The van der Waals surface area contributed by atoms with Gasteiger partial charge in [0, 0.05) is 37.3 Å². The van der Waals surface area contributed by atoms with Crippen molar-refractivity contribution in [2.75, 3.05) is 31.3 Å². The summed E-state index contributed by atoms with van der Waals surface area (Å²) in [5, 5.41) is 4.02. The van der Waals surface area contributed by atoms with E-state index >= 15 is 0 Å². The molecule has 0 bridgehead atoms. The lowest BCUT2D eigenvalue weighted by atomic mass is 9.96. The van der Waals surface area contributed by atoms with Crippen LogP contribution in [0.15, 0.2) is 35.4 Å². The molecule has 0 radical (unpaired) electrons. The predicted octanol–water partition coefficient (Wildman–Crippen LogP) is 2.64. The van der Waals surface area contributed by atoms with Crippen LogP contribution in [-0.4, -0.2) is 44.8 Å². The van der Waals surface area contributed by atoms with Gasteiger partial charge in [0.05, 0.1) is 11.9 Å². The minimum absolute atomic E-state index is 0.0826. The van der Waals surface area contributed by atoms with Crippen molar-refractivity contribution in [3.8, 4) is 0 Å². The minimum atomic E-state index is -3.37. The Hall–Kier alpha value is -1.70. The van der Waals surface area contributed by atoms with Gasteiger partial charge in [-0.25, -0.2) is 18.4 Å². The molecule has 0 spiro atoms. The van der Waals surface area contributed by atoms with Crippen molar-refractivity contribution in [2.45, 2.75) is 30.2 Å². The van der Waals surface area contributed by atoms with Gasteiger partial charge < -0.3 is 10.2 Å². The third kappa shape index (κ3) is 4.52. The monoisotopic (exact) mass is 394 g/mol. The van der Waals surface area contributed by atoms with Gasteiger partial charge >= 0.3 is 0 Å². The molecule has 1 unspecified atom stereocenters. The molecular weight excluding hydrogens is 372 g/mol. The topological polar surface area (TPSA) is 75.2 Å². The Bertz CT molecular complexity index is 865. The molecule has 1 aromatic heterocycles. The first kappa shape index (κ1) is 19.1. The lowest BCUT2D eigenvalue weighted by Gasteiger charge is -2.25. The Morgan fingerprint density at radius 3 is 2.65 bits per heavy atom. The average Bonchev–Trinajstić information content (AvgIpc) is 2.63. The number of piperidine rings is 1. The highest BCUT2D eigenvalue weighted by Gasteiger charge is 2.25. The van der Waals surface area contributed by atoms with Crippen LogP contribution in [0, 0.1) is 0 Å². The number of hydrogen-bond acceptors (Lipinski definition) is 6. The van der Waals surface area contributed by atoms with Crippen LogP contribution in [0.3, 0.4) is 0 Å². The quantitative estimate of drug-likeness (QED) is 0.840. The Morgan fingerprint density at radius 2 is 2.04 bits per heavy atom. The van der Waals surface area contributed by atoms with Gasteiger partial charge in [-0.15, -0.1) is 0 Å². The molecule has 8 heteroatoms. The minimum Gasteiger partial charge on any atom is -0.340 e. The highest BCUT2D eigenvalue weighted by molar-refractivity contribution is 7.90. The second kappa shape index (κ2) is 7.90. The van der Waals surface area contributed by atoms with E-state index in [1.54, 1.807) is 0 Å². The Kier molecular flexibility index (Phi) is 5.79. The summed E-state index contributed by atoms with van der Waals surface area (Å²) in [4.78, 5) is 11.1. The van der Waals surface area contributed by atoms with Gasteiger partial charge in [0.15, 0.2) is 9.84 Å². The highest BCUT2D eigenvalue weighted by atomic mass is 35.5. The van der Waals surface area contributed by atoms with Gasteiger partial charge in [0.25, 0.3) is 0 Å². The Labute approximate surface area is 159 Å². The summed E-state index contributed by atoms with van der Waals surface area (Å²) in [6, 6.07) is 7.60. The second-order valence-electron chi connectivity index (χ2n) is 6.72. The van der Waals surface area contributed by atoms with Crippen molar-refractivity contribution in [3.05, 3.63) is 46.7 Å². The number of nitrogens with one attached hydrogen (secondary N) is 1. The molecule has 0 aliphatic carbocycles. The highest BCUT2D eigenvalue weighted by Crippen LogP contribution is 2.28. The van der Waals surface area contributed by atoms with E-state index in [1.165, 1.54) is 12.5 Å². The maximum atomic E-state index is 12.2. The first-order valence-electron chi connectivity index (χ1n) is 8.58. The summed E-state index contributed by atoms with van der Waals surface area (Å²) in [5.74, 6) is 0.604. The first-order valence-corrected chi connectivity index (χ1v) is 10.8. The smallest absolute Gasteiger partial charge is 0.225 e. The van der Waals surface area contributed by atoms with E-state index in [0.717, 1.165) is 31.5 Å².